The monoisotopic (exact) mass is 326 g/mol. The molecule has 0 aliphatic carbocycles. The molecule has 2 aromatic rings. The summed E-state index contributed by atoms with van der Waals surface area (Å²) in [5.41, 5.74) is 3.13. The molecule has 0 bridgehead atoms. The topological polar surface area (TPSA) is 52.6 Å². The largest absolute Gasteiger partial charge is 0.469 e. The maximum Gasteiger partial charge on any atom is 0.338 e. The number of carbonyl (C=O) groups is 2. The van der Waals surface area contributed by atoms with E-state index in [-0.39, 0.29) is 24.3 Å². The Morgan fingerprint density at radius 1 is 1.04 bits per heavy atom. The molecule has 4 heteroatoms. The van der Waals surface area contributed by atoms with E-state index in [4.69, 9.17) is 9.47 Å². The average molecular weight is 326 g/mol. The zero-order valence-corrected chi connectivity index (χ0v) is 14.2. The zero-order chi connectivity index (χ0) is 17.5. The summed E-state index contributed by atoms with van der Waals surface area (Å²) in [6.45, 7) is 4.38. The summed E-state index contributed by atoms with van der Waals surface area (Å²) in [5.74, 6) is -0.344. The molecule has 0 amide bonds. The second-order valence-electron chi connectivity index (χ2n) is 5.98. The van der Waals surface area contributed by atoms with Crippen LogP contribution in [0.5, 0.6) is 0 Å². The Labute approximate surface area is 142 Å². The fourth-order valence-electron chi connectivity index (χ4n) is 2.32. The van der Waals surface area contributed by atoms with Crippen LogP contribution in [0.3, 0.4) is 0 Å². The lowest BCUT2D eigenvalue weighted by Gasteiger charge is -2.11. The van der Waals surface area contributed by atoms with Gasteiger partial charge >= 0.3 is 11.9 Å². The first-order chi connectivity index (χ1) is 11.5. The van der Waals surface area contributed by atoms with E-state index in [9.17, 15) is 9.59 Å². The Bertz CT molecular complexity index is 719. The van der Waals surface area contributed by atoms with Gasteiger partial charge in [-0.05, 0) is 34.7 Å². The van der Waals surface area contributed by atoms with Crippen molar-refractivity contribution in [3.05, 3.63) is 59.7 Å². The van der Waals surface area contributed by atoms with Gasteiger partial charge in [0.1, 0.15) is 0 Å². The van der Waals surface area contributed by atoms with E-state index in [1.54, 1.807) is 12.1 Å². The summed E-state index contributed by atoms with van der Waals surface area (Å²) < 4.78 is 10.0. The number of rotatable bonds is 6. The molecule has 0 fully saturated rings. The molecule has 0 atom stereocenters. The highest BCUT2D eigenvalue weighted by Gasteiger charge is 2.13. The van der Waals surface area contributed by atoms with Crippen LogP contribution in [-0.2, 0) is 20.7 Å². The van der Waals surface area contributed by atoms with E-state index in [1.165, 1.54) is 7.11 Å². The number of hydrogen-bond donors (Lipinski definition) is 0. The van der Waals surface area contributed by atoms with Crippen molar-refractivity contribution in [2.45, 2.75) is 20.3 Å². The smallest absolute Gasteiger partial charge is 0.338 e. The quantitative estimate of drug-likeness (QED) is 0.756. The maximum absolute atomic E-state index is 12.1. The van der Waals surface area contributed by atoms with Gasteiger partial charge in [-0.15, -0.1) is 0 Å². The number of esters is 2. The lowest BCUT2D eigenvalue weighted by molar-refractivity contribution is -0.139. The van der Waals surface area contributed by atoms with Crippen molar-refractivity contribution in [2.24, 2.45) is 5.92 Å². The van der Waals surface area contributed by atoms with E-state index in [0.717, 1.165) is 16.7 Å². The summed E-state index contributed by atoms with van der Waals surface area (Å²) in [6.07, 6.45) is 0.189. The van der Waals surface area contributed by atoms with Crippen LogP contribution in [0, 0.1) is 5.92 Å². The summed E-state index contributed by atoms with van der Waals surface area (Å²) in [6, 6.07) is 14.8. The molecule has 0 saturated carbocycles. The van der Waals surface area contributed by atoms with Crippen LogP contribution in [0.4, 0.5) is 0 Å². The third-order valence-corrected chi connectivity index (χ3v) is 3.54. The Balaban J connectivity index is 2.29. The first-order valence-corrected chi connectivity index (χ1v) is 7.93. The van der Waals surface area contributed by atoms with Gasteiger partial charge in [0.25, 0.3) is 0 Å². The van der Waals surface area contributed by atoms with Crippen molar-refractivity contribution >= 4 is 11.9 Å². The Morgan fingerprint density at radius 2 is 1.79 bits per heavy atom. The molecule has 0 aromatic heterocycles. The molecule has 0 unspecified atom stereocenters. The summed E-state index contributed by atoms with van der Waals surface area (Å²) in [4.78, 5) is 23.7. The van der Waals surface area contributed by atoms with Crippen molar-refractivity contribution in [1.29, 1.82) is 0 Å². The Morgan fingerprint density at radius 3 is 2.50 bits per heavy atom. The van der Waals surface area contributed by atoms with Crippen LogP contribution >= 0.6 is 0 Å². The molecule has 126 valence electrons. The molecule has 2 rings (SSSR count). The highest BCUT2D eigenvalue weighted by atomic mass is 16.5. The molecule has 0 heterocycles. The summed E-state index contributed by atoms with van der Waals surface area (Å²) >= 11 is 0. The minimum absolute atomic E-state index is 0.189. The minimum Gasteiger partial charge on any atom is -0.469 e. The Hall–Kier alpha value is -2.62. The first kappa shape index (κ1) is 17.7. The van der Waals surface area contributed by atoms with E-state index < -0.39 is 0 Å². The average Bonchev–Trinajstić information content (AvgIpc) is 2.60. The minimum atomic E-state index is -0.337. The zero-order valence-electron chi connectivity index (χ0n) is 14.2. The number of carbonyl (C=O) groups excluding carboxylic acids is 2. The first-order valence-electron chi connectivity index (χ1n) is 7.93. The van der Waals surface area contributed by atoms with Crippen molar-refractivity contribution in [3.8, 4) is 11.1 Å². The van der Waals surface area contributed by atoms with Crippen LogP contribution in [0.1, 0.15) is 29.8 Å². The van der Waals surface area contributed by atoms with Crippen molar-refractivity contribution in [1.82, 2.24) is 0 Å². The molecule has 4 nitrogen and oxygen atoms in total. The van der Waals surface area contributed by atoms with Gasteiger partial charge in [-0.3, -0.25) is 4.79 Å². The van der Waals surface area contributed by atoms with Crippen molar-refractivity contribution in [3.63, 3.8) is 0 Å². The predicted molar refractivity (Wildman–Crippen MR) is 92.7 cm³/mol. The highest BCUT2D eigenvalue weighted by Crippen LogP contribution is 2.25. The maximum atomic E-state index is 12.1. The lowest BCUT2D eigenvalue weighted by atomic mass is 9.96. The summed E-state index contributed by atoms with van der Waals surface area (Å²) in [7, 11) is 1.37. The van der Waals surface area contributed by atoms with E-state index in [2.05, 4.69) is 0 Å². The molecule has 0 saturated heterocycles. The van der Waals surface area contributed by atoms with Crippen LogP contribution in [0.15, 0.2) is 48.5 Å². The molecule has 24 heavy (non-hydrogen) atoms. The van der Waals surface area contributed by atoms with Crippen LogP contribution in [0.25, 0.3) is 11.1 Å². The van der Waals surface area contributed by atoms with E-state index >= 15 is 0 Å². The van der Waals surface area contributed by atoms with E-state index in [0.29, 0.717) is 12.2 Å². The van der Waals surface area contributed by atoms with Gasteiger partial charge in [0.2, 0.25) is 0 Å². The number of benzene rings is 2. The van der Waals surface area contributed by atoms with E-state index in [1.807, 2.05) is 50.2 Å². The second-order valence-corrected chi connectivity index (χ2v) is 5.98. The number of hydrogen-bond acceptors (Lipinski definition) is 4. The molecule has 0 aliphatic heterocycles. The molecule has 0 aliphatic rings. The third kappa shape index (κ3) is 4.69. The van der Waals surface area contributed by atoms with Gasteiger partial charge in [0.15, 0.2) is 0 Å². The molecule has 0 spiro atoms. The second kappa shape index (κ2) is 8.29. The molecule has 0 radical (unpaired) electrons. The normalized spacial score (nSPS) is 10.5. The van der Waals surface area contributed by atoms with Gasteiger partial charge in [0, 0.05) is 0 Å². The van der Waals surface area contributed by atoms with Gasteiger partial charge in [-0.2, -0.15) is 0 Å². The molecular weight excluding hydrogens is 304 g/mol. The SMILES string of the molecule is COC(=O)Cc1ccccc1-c1cccc(C(=O)OCC(C)C)c1. The predicted octanol–water partition coefficient (Wildman–Crippen LogP) is 3.88. The highest BCUT2D eigenvalue weighted by molar-refractivity contribution is 5.91. The van der Waals surface area contributed by atoms with Crippen LogP contribution in [-0.4, -0.2) is 25.7 Å². The Kier molecular flexibility index (Phi) is 6.13. The fraction of sp³-hybridized carbons (Fsp3) is 0.300. The van der Waals surface area contributed by atoms with Gasteiger partial charge in [0.05, 0.1) is 25.7 Å². The fourth-order valence-corrected chi connectivity index (χ4v) is 2.32. The van der Waals surface area contributed by atoms with Crippen LogP contribution in [0.2, 0.25) is 0 Å². The molecular formula is C20H22O4. The van der Waals surface area contributed by atoms with Gasteiger partial charge in [-0.25, -0.2) is 4.79 Å². The third-order valence-electron chi connectivity index (χ3n) is 3.54. The molecule has 0 N–H and O–H groups in total. The van der Waals surface area contributed by atoms with Gasteiger partial charge < -0.3 is 9.47 Å². The number of methoxy groups -OCH3 is 1. The number of ether oxygens (including phenoxy) is 2. The summed E-state index contributed by atoms with van der Waals surface area (Å²) in [5, 5.41) is 0. The van der Waals surface area contributed by atoms with Crippen molar-refractivity contribution < 1.29 is 19.1 Å². The standard InChI is InChI=1S/C20H22O4/c1-14(2)13-24-20(22)17-9-6-8-15(11-17)18-10-5-4-7-16(18)12-19(21)23-3/h4-11,14H,12-13H2,1-3H3. The van der Waals surface area contributed by atoms with Crippen molar-refractivity contribution in [2.75, 3.05) is 13.7 Å². The lowest BCUT2D eigenvalue weighted by Crippen LogP contribution is -2.10. The van der Waals surface area contributed by atoms with Gasteiger partial charge in [-0.1, -0.05) is 50.2 Å². The van der Waals surface area contributed by atoms with Crippen LogP contribution < -0.4 is 0 Å². The molecule has 2 aromatic carbocycles.